The molecule has 0 spiro atoms. The van der Waals surface area contributed by atoms with Crippen LogP contribution in [0.5, 0.6) is 11.5 Å². The number of hydrogen-bond donors (Lipinski definition) is 3. The Morgan fingerprint density at radius 3 is 2.68 bits per heavy atom. The molecule has 19 heavy (non-hydrogen) atoms. The number of nitrogens with one attached hydrogen (secondary N) is 1. The molecule has 3 N–H and O–H groups in total. The fourth-order valence-corrected chi connectivity index (χ4v) is 1.96. The maximum Gasteiger partial charge on any atom is 0.259 e. The minimum Gasteiger partial charge on any atom is -0.504 e. The van der Waals surface area contributed by atoms with Gasteiger partial charge in [0.25, 0.3) is 5.91 Å². The zero-order chi connectivity index (χ0) is 14.0. The summed E-state index contributed by atoms with van der Waals surface area (Å²) in [5, 5.41) is 21.6. The standard InChI is InChI=1S/C13H11BrN2O3/c1-7-9(5-6-11(14)15-7)16-13(19)8-3-2-4-10(17)12(8)18/h2-6,17-18H,1H3,(H,16,19). The van der Waals surface area contributed by atoms with Gasteiger partial charge in [-0.2, -0.15) is 0 Å². The van der Waals surface area contributed by atoms with Gasteiger partial charge in [-0.15, -0.1) is 0 Å². The van der Waals surface area contributed by atoms with Crippen LogP contribution in [0.2, 0.25) is 0 Å². The van der Waals surface area contributed by atoms with Crippen LogP contribution < -0.4 is 5.32 Å². The monoisotopic (exact) mass is 322 g/mol. The van der Waals surface area contributed by atoms with Crippen LogP contribution in [0.25, 0.3) is 0 Å². The summed E-state index contributed by atoms with van der Waals surface area (Å²) < 4.78 is 0.670. The molecule has 6 heteroatoms. The van der Waals surface area contributed by atoms with Crippen molar-refractivity contribution in [3.05, 3.63) is 46.2 Å². The van der Waals surface area contributed by atoms with Gasteiger partial charge < -0.3 is 15.5 Å². The predicted molar refractivity (Wildman–Crippen MR) is 74.4 cm³/mol. The number of phenolic OH excluding ortho intramolecular Hbond substituents is 2. The van der Waals surface area contributed by atoms with Gasteiger partial charge in [0.15, 0.2) is 11.5 Å². The lowest BCUT2D eigenvalue weighted by Crippen LogP contribution is -2.13. The smallest absolute Gasteiger partial charge is 0.259 e. The van der Waals surface area contributed by atoms with Gasteiger partial charge in [-0.1, -0.05) is 6.07 Å². The summed E-state index contributed by atoms with van der Waals surface area (Å²) >= 11 is 3.23. The second-order valence-electron chi connectivity index (χ2n) is 3.89. The minimum absolute atomic E-state index is 0.00215. The van der Waals surface area contributed by atoms with E-state index in [1.807, 2.05) is 0 Å². The van der Waals surface area contributed by atoms with E-state index in [9.17, 15) is 15.0 Å². The fourth-order valence-electron chi connectivity index (χ4n) is 1.57. The Morgan fingerprint density at radius 1 is 1.26 bits per heavy atom. The van der Waals surface area contributed by atoms with Crippen LogP contribution >= 0.6 is 15.9 Å². The van der Waals surface area contributed by atoms with Crippen molar-refractivity contribution < 1.29 is 15.0 Å². The number of hydrogen-bond acceptors (Lipinski definition) is 4. The molecule has 0 radical (unpaired) electrons. The SMILES string of the molecule is Cc1nc(Br)ccc1NC(=O)c1cccc(O)c1O. The molecule has 5 nitrogen and oxygen atoms in total. The van der Waals surface area contributed by atoms with Crippen molar-refractivity contribution in [3.8, 4) is 11.5 Å². The summed E-state index contributed by atoms with van der Waals surface area (Å²) in [7, 11) is 0. The van der Waals surface area contributed by atoms with Crippen LogP contribution in [0.3, 0.4) is 0 Å². The number of phenols is 2. The van der Waals surface area contributed by atoms with E-state index in [-0.39, 0.29) is 11.3 Å². The lowest BCUT2D eigenvalue weighted by Gasteiger charge is -2.09. The molecule has 1 heterocycles. The highest BCUT2D eigenvalue weighted by Gasteiger charge is 2.15. The molecule has 0 unspecified atom stereocenters. The third kappa shape index (κ3) is 2.85. The molecule has 0 aliphatic carbocycles. The van der Waals surface area contributed by atoms with Crippen molar-refractivity contribution in [1.29, 1.82) is 0 Å². The van der Waals surface area contributed by atoms with Crippen molar-refractivity contribution in [3.63, 3.8) is 0 Å². The van der Waals surface area contributed by atoms with Gasteiger partial charge in [0, 0.05) is 0 Å². The van der Waals surface area contributed by atoms with Gasteiger partial charge in [-0.3, -0.25) is 4.79 Å². The maximum atomic E-state index is 12.0. The molecule has 2 aromatic rings. The van der Waals surface area contributed by atoms with Gasteiger partial charge >= 0.3 is 0 Å². The highest BCUT2D eigenvalue weighted by Crippen LogP contribution is 2.29. The first-order valence-electron chi connectivity index (χ1n) is 5.44. The number of aryl methyl sites for hydroxylation is 1. The Hall–Kier alpha value is -2.08. The van der Waals surface area contributed by atoms with Crippen LogP contribution in [0.1, 0.15) is 16.1 Å². The summed E-state index contributed by atoms with van der Waals surface area (Å²) in [6, 6.07) is 7.61. The molecule has 0 fully saturated rings. The van der Waals surface area contributed by atoms with E-state index in [1.54, 1.807) is 19.1 Å². The largest absolute Gasteiger partial charge is 0.504 e. The van der Waals surface area contributed by atoms with Gasteiger partial charge in [0.1, 0.15) is 4.60 Å². The first-order valence-corrected chi connectivity index (χ1v) is 6.24. The Kier molecular flexibility index (Phi) is 3.71. The van der Waals surface area contributed by atoms with Crippen molar-refractivity contribution in [2.75, 3.05) is 5.32 Å². The predicted octanol–water partition coefficient (Wildman–Crippen LogP) is 2.82. The van der Waals surface area contributed by atoms with E-state index in [4.69, 9.17) is 0 Å². The number of carbonyl (C=O) groups is 1. The van der Waals surface area contributed by atoms with Gasteiger partial charge in [0.05, 0.1) is 16.9 Å². The number of halogens is 1. The Labute approximate surface area is 118 Å². The van der Waals surface area contributed by atoms with Crippen molar-refractivity contribution in [2.45, 2.75) is 6.92 Å². The number of benzene rings is 1. The quantitative estimate of drug-likeness (QED) is 0.586. The highest BCUT2D eigenvalue weighted by atomic mass is 79.9. The minimum atomic E-state index is -0.513. The number of aromatic hydroxyl groups is 2. The normalized spacial score (nSPS) is 10.2. The van der Waals surface area contributed by atoms with Crippen LogP contribution in [-0.4, -0.2) is 21.1 Å². The number of aromatic nitrogens is 1. The molecule has 1 aromatic carbocycles. The zero-order valence-electron chi connectivity index (χ0n) is 10.0. The number of pyridine rings is 1. The van der Waals surface area contributed by atoms with E-state index in [1.165, 1.54) is 18.2 Å². The molecule has 0 aliphatic heterocycles. The summed E-state index contributed by atoms with van der Waals surface area (Å²) in [5.41, 5.74) is 1.18. The van der Waals surface area contributed by atoms with Crippen LogP contribution in [-0.2, 0) is 0 Å². The number of anilines is 1. The van der Waals surface area contributed by atoms with E-state index in [0.29, 0.717) is 16.0 Å². The molecular formula is C13H11BrN2O3. The first kappa shape index (κ1) is 13.4. The molecule has 0 saturated carbocycles. The molecule has 0 aliphatic rings. The summed E-state index contributed by atoms with van der Waals surface area (Å²) in [5.74, 6) is -1.29. The summed E-state index contributed by atoms with van der Waals surface area (Å²) in [6.45, 7) is 1.75. The first-order chi connectivity index (χ1) is 8.99. The Bertz CT molecular complexity index is 644. The highest BCUT2D eigenvalue weighted by molar-refractivity contribution is 9.10. The third-order valence-corrected chi connectivity index (χ3v) is 3.00. The molecule has 1 amide bonds. The Morgan fingerprint density at radius 2 is 2.00 bits per heavy atom. The van der Waals surface area contributed by atoms with Crippen molar-refractivity contribution in [2.24, 2.45) is 0 Å². The van der Waals surface area contributed by atoms with Crippen LogP contribution in [0.4, 0.5) is 5.69 Å². The average molecular weight is 323 g/mol. The van der Waals surface area contributed by atoms with Crippen LogP contribution in [0, 0.1) is 6.92 Å². The van der Waals surface area contributed by atoms with E-state index in [2.05, 4.69) is 26.2 Å². The summed E-state index contributed by atoms with van der Waals surface area (Å²) in [6.07, 6.45) is 0. The van der Waals surface area contributed by atoms with E-state index < -0.39 is 11.7 Å². The maximum absolute atomic E-state index is 12.0. The topological polar surface area (TPSA) is 82.5 Å². The average Bonchev–Trinajstić information content (AvgIpc) is 2.36. The van der Waals surface area contributed by atoms with Crippen molar-refractivity contribution in [1.82, 2.24) is 4.98 Å². The zero-order valence-corrected chi connectivity index (χ0v) is 11.6. The van der Waals surface area contributed by atoms with Gasteiger partial charge in [-0.05, 0) is 47.1 Å². The second-order valence-corrected chi connectivity index (χ2v) is 4.71. The molecule has 0 saturated heterocycles. The van der Waals surface area contributed by atoms with Crippen molar-refractivity contribution >= 4 is 27.5 Å². The molecule has 1 aromatic heterocycles. The summed E-state index contributed by atoms with van der Waals surface area (Å²) in [4.78, 5) is 16.2. The number of amides is 1. The lowest BCUT2D eigenvalue weighted by molar-refractivity contribution is 0.102. The van der Waals surface area contributed by atoms with Crippen LogP contribution in [0.15, 0.2) is 34.9 Å². The second kappa shape index (κ2) is 5.27. The third-order valence-electron chi connectivity index (χ3n) is 2.56. The Balaban J connectivity index is 2.28. The molecule has 0 atom stereocenters. The van der Waals surface area contributed by atoms with E-state index >= 15 is 0 Å². The van der Waals surface area contributed by atoms with E-state index in [0.717, 1.165) is 0 Å². The number of nitrogens with zero attached hydrogens (tertiary/aromatic N) is 1. The lowest BCUT2D eigenvalue weighted by atomic mass is 10.1. The van der Waals surface area contributed by atoms with Gasteiger partial charge in [0.2, 0.25) is 0 Å². The fraction of sp³-hybridized carbons (Fsp3) is 0.0769. The molecule has 0 bridgehead atoms. The number of rotatable bonds is 2. The molecule has 98 valence electrons. The molecule has 2 rings (SSSR count). The van der Waals surface area contributed by atoms with Gasteiger partial charge in [-0.25, -0.2) is 4.98 Å². The molecular weight excluding hydrogens is 312 g/mol. The number of carbonyl (C=O) groups excluding carboxylic acids is 1. The number of para-hydroxylation sites is 1.